The van der Waals surface area contributed by atoms with Crippen molar-refractivity contribution in [3.63, 3.8) is 0 Å². The fourth-order valence-electron chi connectivity index (χ4n) is 1.98. The fourth-order valence-corrected chi connectivity index (χ4v) is 1.98. The largest absolute Gasteiger partial charge is 0.494 e. The zero-order valence-corrected chi connectivity index (χ0v) is 13.2. The van der Waals surface area contributed by atoms with Crippen LogP contribution < -0.4 is 15.8 Å². The molecule has 0 amide bonds. The van der Waals surface area contributed by atoms with Gasteiger partial charge in [0.15, 0.2) is 0 Å². The second-order valence-electron chi connectivity index (χ2n) is 5.86. The molecule has 3 nitrogen and oxygen atoms in total. The van der Waals surface area contributed by atoms with Gasteiger partial charge in [-0.3, -0.25) is 0 Å². The van der Waals surface area contributed by atoms with E-state index < -0.39 is 0 Å². The highest BCUT2D eigenvalue weighted by Gasteiger charge is 2.17. The van der Waals surface area contributed by atoms with E-state index in [-0.39, 0.29) is 5.41 Å². The van der Waals surface area contributed by atoms with Gasteiger partial charge in [0.25, 0.3) is 0 Å². The van der Waals surface area contributed by atoms with Gasteiger partial charge in [-0.2, -0.15) is 0 Å². The molecule has 0 aromatic heterocycles. The molecule has 0 saturated heterocycles. The minimum absolute atomic E-state index is 0.243. The zero-order chi connectivity index (χ0) is 14.8. The van der Waals surface area contributed by atoms with Crippen molar-refractivity contribution < 1.29 is 4.74 Å². The Labute approximate surface area is 123 Å². The van der Waals surface area contributed by atoms with E-state index in [0.29, 0.717) is 6.54 Å². The molecule has 0 unspecified atom stereocenters. The Hall–Kier alpha value is -1.06. The van der Waals surface area contributed by atoms with Crippen molar-refractivity contribution in [2.45, 2.75) is 45.4 Å². The summed E-state index contributed by atoms with van der Waals surface area (Å²) in [4.78, 5) is 0. The SMILES string of the molecule is CCC(C)(C)c1ccc(OCCCCNCCN)cc1. The van der Waals surface area contributed by atoms with Crippen molar-refractivity contribution in [3.05, 3.63) is 29.8 Å². The molecule has 3 N–H and O–H groups in total. The van der Waals surface area contributed by atoms with E-state index >= 15 is 0 Å². The second kappa shape index (κ2) is 8.98. The van der Waals surface area contributed by atoms with Gasteiger partial charge in [0, 0.05) is 13.1 Å². The van der Waals surface area contributed by atoms with E-state index in [9.17, 15) is 0 Å². The highest BCUT2D eigenvalue weighted by molar-refractivity contribution is 5.31. The lowest BCUT2D eigenvalue weighted by Gasteiger charge is -2.23. The summed E-state index contributed by atoms with van der Waals surface area (Å²) in [5.74, 6) is 0.968. The quantitative estimate of drug-likeness (QED) is 0.647. The van der Waals surface area contributed by atoms with E-state index in [1.807, 2.05) is 0 Å². The molecule has 0 radical (unpaired) electrons. The first-order valence-electron chi connectivity index (χ1n) is 7.74. The van der Waals surface area contributed by atoms with Crippen LogP contribution in [0.15, 0.2) is 24.3 Å². The number of nitrogens with two attached hydrogens (primary N) is 1. The van der Waals surface area contributed by atoms with E-state index in [0.717, 1.165) is 44.7 Å². The first kappa shape index (κ1) is 17.0. The Balaban J connectivity index is 2.25. The standard InChI is InChI=1S/C17H30N2O/c1-4-17(2,3)15-7-9-16(10-8-15)20-14-6-5-12-19-13-11-18/h7-10,19H,4-6,11-14,18H2,1-3H3. The first-order chi connectivity index (χ1) is 9.60. The smallest absolute Gasteiger partial charge is 0.119 e. The summed E-state index contributed by atoms with van der Waals surface area (Å²) < 4.78 is 5.76. The summed E-state index contributed by atoms with van der Waals surface area (Å²) in [7, 11) is 0. The van der Waals surface area contributed by atoms with E-state index in [1.54, 1.807) is 0 Å². The maximum absolute atomic E-state index is 5.76. The molecule has 20 heavy (non-hydrogen) atoms. The van der Waals surface area contributed by atoms with Crippen LogP contribution in [0.3, 0.4) is 0 Å². The van der Waals surface area contributed by atoms with Crippen molar-refractivity contribution in [1.29, 1.82) is 0 Å². The number of benzene rings is 1. The Morgan fingerprint density at radius 1 is 1.10 bits per heavy atom. The third-order valence-electron chi connectivity index (χ3n) is 3.86. The van der Waals surface area contributed by atoms with Crippen molar-refractivity contribution in [2.75, 3.05) is 26.2 Å². The molecule has 0 aliphatic carbocycles. The lowest BCUT2D eigenvalue weighted by Crippen LogP contribution is -2.23. The molecule has 3 heteroatoms. The van der Waals surface area contributed by atoms with Gasteiger partial charge in [0.05, 0.1) is 6.61 Å². The predicted molar refractivity (Wildman–Crippen MR) is 86.4 cm³/mol. The van der Waals surface area contributed by atoms with E-state index in [2.05, 4.69) is 50.4 Å². The summed E-state index contributed by atoms with van der Waals surface area (Å²) in [5, 5.41) is 3.28. The minimum Gasteiger partial charge on any atom is -0.494 e. The van der Waals surface area contributed by atoms with Crippen LogP contribution in [0.1, 0.15) is 45.6 Å². The highest BCUT2D eigenvalue weighted by Crippen LogP contribution is 2.27. The average molecular weight is 278 g/mol. The van der Waals surface area contributed by atoms with E-state index in [4.69, 9.17) is 10.5 Å². The van der Waals surface area contributed by atoms with Gasteiger partial charge in [0.1, 0.15) is 5.75 Å². The van der Waals surface area contributed by atoms with Crippen LogP contribution in [0.4, 0.5) is 0 Å². The number of ether oxygens (including phenoxy) is 1. The van der Waals surface area contributed by atoms with Gasteiger partial charge in [-0.05, 0) is 48.9 Å². The van der Waals surface area contributed by atoms with Crippen LogP contribution in [0.25, 0.3) is 0 Å². The van der Waals surface area contributed by atoms with Crippen molar-refractivity contribution in [1.82, 2.24) is 5.32 Å². The van der Waals surface area contributed by atoms with Crippen LogP contribution >= 0.6 is 0 Å². The van der Waals surface area contributed by atoms with Gasteiger partial charge in [-0.15, -0.1) is 0 Å². The highest BCUT2D eigenvalue weighted by atomic mass is 16.5. The van der Waals surface area contributed by atoms with Crippen LogP contribution in [0.5, 0.6) is 5.75 Å². The molecule has 114 valence electrons. The summed E-state index contributed by atoms with van der Waals surface area (Å²) in [6, 6.07) is 8.53. The third kappa shape index (κ3) is 5.93. The van der Waals surface area contributed by atoms with E-state index in [1.165, 1.54) is 5.56 Å². The number of nitrogens with one attached hydrogen (secondary N) is 1. The monoisotopic (exact) mass is 278 g/mol. The molecule has 0 fully saturated rings. The van der Waals surface area contributed by atoms with Gasteiger partial charge in [-0.25, -0.2) is 0 Å². The molecule has 1 aromatic rings. The normalized spacial score (nSPS) is 11.6. The van der Waals surface area contributed by atoms with Crippen molar-refractivity contribution in [2.24, 2.45) is 5.73 Å². The molecule has 0 aliphatic rings. The average Bonchev–Trinajstić information content (AvgIpc) is 2.47. The second-order valence-corrected chi connectivity index (χ2v) is 5.86. The minimum atomic E-state index is 0.243. The molecule has 0 atom stereocenters. The Morgan fingerprint density at radius 2 is 1.80 bits per heavy atom. The number of unbranched alkanes of at least 4 members (excludes halogenated alkanes) is 1. The maximum atomic E-state index is 5.76. The summed E-state index contributed by atoms with van der Waals surface area (Å²) in [6.07, 6.45) is 3.34. The van der Waals surface area contributed by atoms with Gasteiger partial charge >= 0.3 is 0 Å². The molecule has 1 aromatic carbocycles. The number of hydrogen-bond donors (Lipinski definition) is 2. The van der Waals surface area contributed by atoms with Crippen molar-refractivity contribution >= 4 is 0 Å². The molecule has 0 bridgehead atoms. The van der Waals surface area contributed by atoms with Gasteiger partial charge < -0.3 is 15.8 Å². The van der Waals surface area contributed by atoms with Crippen LogP contribution in [0, 0.1) is 0 Å². The molecule has 0 spiro atoms. The molecule has 1 rings (SSSR count). The van der Waals surface area contributed by atoms with Crippen LogP contribution in [0.2, 0.25) is 0 Å². The Morgan fingerprint density at radius 3 is 2.40 bits per heavy atom. The fraction of sp³-hybridized carbons (Fsp3) is 0.647. The van der Waals surface area contributed by atoms with Gasteiger partial charge in [-0.1, -0.05) is 32.9 Å². The molecule has 0 heterocycles. The predicted octanol–water partition coefficient (Wildman–Crippen LogP) is 3.08. The maximum Gasteiger partial charge on any atom is 0.119 e. The lowest BCUT2D eigenvalue weighted by molar-refractivity contribution is 0.305. The molecular weight excluding hydrogens is 248 g/mol. The molecule has 0 aliphatic heterocycles. The number of rotatable bonds is 10. The Bertz CT molecular complexity index is 360. The van der Waals surface area contributed by atoms with Crippen LogP contribution in [-0.2, 0) is 5.41 Å². The third-order valence-corrected chi connectivity index (χ3v) is 3.86. The van der Waals surface area contributed by atoms with Crippen LogP contribution in [-0.4, -0.2) is 26.2 Å². The lowest BCUT2D eigenvalue weighted by atomic mass is 9.82. The summed E-state index contributed by atoms with van der Waals surface area (Å²) >= 11 is 0. The summed E-state index contributed by atoms with van der Waals surface area (Å²) in [6.45, 7) is 10.2. The summed E-state index contributed by atoms with van der Waals surface area (Å²) in [5.41, 5.74) is 7.03. The van der Waals surface area contributed by atoms with Gasteiger partial charge in [0.2, 0.25) is 0 Å². The number of hydrogen-bond acceptors (Lipinski definition) is 3. The molecular formula is C17H30N2O. The molecule has 0 saturated carbocycles. The van der Waals surface area contributed by atoms with Crippen molar-refractivity contribution in [3.8, 4) is 5.75 Å². The topological polar surface area (TPSA) is 47.3 Å². The Kier molecular flexibility index (Phi) is 7.63. The first-order valence-corrected chi connectivity index (χ1v) is 7.74. The zero-order valence-electron chi connectivity index (χ0n) is 13.2.